The normalized spacial score (nSPS) is 21.8. The zero-order valence-electron chi connectivity index (χ0n) is 14.6. The lowest BCUT2D eigenvalue weighted by molar-refractivity contribution is -0.134. The van der Waals surface area contributed by atoms with Crippen molar-refractivity contribution in [2.45, 2.75) is 25.3 Å². The summed E-state index contributed by atoms with van der Waals surface area (Å²) in [6.45, 7) is 2.08. The fraction of sp³-hybridized carbons (Fsp3) is 0.647. The van der Waals surface area contributed by atoms with Crippen LogP contribution in [-0.4, -0.2) is 63.3 Å². The Morgan fingerprint density at radius 2 is 2.16 bits per heavy atom. The molecule has 2 heterocycles. The number of nitrogens with zero attached hydrogens (tertiary/aromatic N) is 1. The van der Waals surface area contributed by atoms with Gasteiger partial charge in [0.15, 0.2) is 11.5 Å². The lowest BCUT2D eigenvalue weighted by Crippen LogP contribution is -2.36. The molecule has 1 fully saturated rings. The molecule has 1 aromatic heterocycles. The molecule has 1 aromatic rings. The lowest BCUT2D eigenvalue weighted by Gasteiger charge is -2.21. The van der Waals surface area contributed by atoms with Gasteiger partial charge in [0.2, 0.25) is 5.91 Å². The molecule has 2 amide bonds. The molecule has 7 nitrogen and oxygen atoms in total. The van der Waals surface area contributed by atoms with Crippen LogP contribution in [0.5, 0.6) is 11.5 Å². The molecule has 0 aromatic carbocycles. The summed E-state index contributed by atoms with van der Waals surface area (Å²) in [4.78, 5) is 27.2. The van der Waals surface area contributed by atoms with Crippen LogP contribution in [0.1, 0.15) is 28.9 Å². The summed E-state index contributed by atoms with van der Waals surface area (Å²) in [5, 5.41) is 4.84. The minimum Gasteiger partial charge on any atom is -0.485 e. The zero-order chi connectivity index (χ0) is 17.8. The number of rotatable bonds is 6. The minimum atomic E-state index is -0.150. The summed E-state index contributed by atoms with van der Waals surface area (Å²) >= 11 is 1.33. The van der Waals surface area contributed by atoms with Crippen molar-refractivity contribution >= 4 is 23.2 Å². The molecule has 3 rings (SSSR count). The van der Waals surface area contributed by atoms with E-state index in [-0.39, 0.29) is 23.8 Å². The van der Waals surface area contributed by atoms with Gasteiger partial charge in [0, 0.05) is 38.0 Å². The van der Waals surface area contributed by atoms with E-state index in [0.717, 1.165) is 12.8 Å². The van der Waals surface area contributed by atoms with Crippen molar-refractivity contribution in [2.75, 3.05) is 40.5 Å². The number of hydrogen-bond acceptors (Lipinski definition) is 6. The molecule has 0 radical (unpaired) electrons. The smallest absolute Gasteiger partial charge is 0.265 e. The standard InChI is InChI=1S/C17H24N2O5S/c1-19(5-6-22-2)17(21)11-3-4-12(9-11)18-16(20)15-14-13(10-25-15)23-7-8-24-14/h10-12H,3-9H2,1-2H3,(H,18,20). The van der Waals surface area contributed by atoms with Crippen LogP contribution in [0.25, 0.3) is 0 Å². The first-order valence-electron chi connectivity index (χ1n) is 8.52. The first-order chi connectivity index (χ1) is 12.1. The van der Waals surface area contributed by atoms with Gasteiger partial charge in [0.05, 0.1) is 6.61 Å². The van der Waals surface area contributed by atoms with Gasteiger partial charge in [0.1, 0.15) is 18.1 Å². The SMILES string of the molecule is COCCN(C)C(=O)C1CCC(NC(=O)c2scc3c2OCCO3)C1. The van der Waals surface area contributed by atoms with Gasteiger partial charge in [-0.1, -0.05) is 0 Å². The van der Waals surface area contributed by atoms with Crippen LogP contribution < -0.4 is 14.8 Å². The number of methoxy groups -OCH3 is 1. The molecule has 0 spiro atoms. The number of ether oxygens (including phenoxy) is 3. The van der Waals surface area contributed by atoms with Gasteiger partial charge in [-0.15, -0.1) is 11.3 Å². The summed E-state index contributed by atoms with van der Waals surface area (Å²) in [6.07, 6.45) is 2.28. The van der Waals surface area contributed by atoms with Crippen LogP contribution >= 0.6 is 11.3 Å². The van der Waals surface area contributed by atoms with E-state index in [4.69, 9.17) is 14.2 Å². The van der Waals surface area contributed by atoms with E-state index in [1.165, 1.54) is 11.3 Å². The number of thiophene rings is 1. The van der Waals surface area contributed by atoms with E-state index in [0.29, 0.717) is 49.2 Å². The van der Waals surface area contributed by atoms with Crippen LogP contribution in [0, 0.1) is 5.92 Å². The van der Waals surface area contributed by atoms with Gasteiger partial charge in [0.25, 0.3) is 5.91 Å². The molecule has 1 saturated carbocycles. The maximum Gasteiger partial charge on any atom is 0.265 e. The van der Waals surface area contributed by atoms with Crippen molar-refractivity contribution in [2.24, 2.45) is 5.92 Å². The Morgan fingerprint density at radius 1 is 1.36 bits per heavy atom. The number of likely N-dealkylation sites (N-methyl/N-ethyl adjacent to an activating group) is 1. The second-order valence-electron chi connectivity index (χ2n) is 6.39. The van der Waals surface area contributed by atoms with Gasteiger partial charge >= 0.3 is 0 Å². The summed E-state index contributed by atoms with van der Waals surface area (Å²) in [6, 6.07) is 0.0135. The van der Waals surface area contributed by atoms with E-state index in [1.54, 1.807) is 24.4 Å². The first-order valence-corrected chi connectivity index (χ1v) is 9.40. The Morgan fingerprint density at radius 3 is 2.96 bits per heavy atom. The highest BCUT2D eigenvalue weighted by Crippen LogP contribution is 2.39. The molecular formula is C17H24N2O5S. The molecule has 0 bridgehead atoms. The molecule has 1 N–H and O–H groups in total. The summed E-state index contributed by atoms with van der Waals surface area (Å²) in [5.41, 5.74) is 0. The topological polar surface area (TPSA) is 77.1 Å². The molecule has 0 saturated heterocycles. The molecule has 2 aliphatic rings. The summed E-state index contributed by atoms with van der Waals surface area (Å²) in [5.74, 6) is 1.12. The maximum atomic E-state index is 12.5. The summed E-state index contributed by atoms with van der Waals surface area (Å²) in [7, 11) is 3.42. The van der Waals surface area contributed by atoms with E-state index in [1.807, 2.05) is 0 Å². The quantitative estimate of drug-likeness (QED) is 0.824. The fourth-order valence-electron chi connectivity index (χ4n) is 3.26. The van der Waals surface area contributed by atoms with E-state index in [9.17, 15) is 9.59 Å². The van der Waals surface area contributed by atoms with Crippen LogP contribution in [-0.2, 0) is 9.53 Å². The average Bonchev–Trinajstić information content (AvgIpc) is 3.25. The van der Waals surface area contributed by atoms with Crippen molar-refractivity contribution in [3.8, 4) is 11.5 Å². The van der Waals surface area contributed by atoms with E-state index < -0.39 is 0 Å². The van der Waals surface area contributed by atoms with Crippen molar-refractivity contribution < 1.29 is 23.8 Å². The fourth-order valence-corrected chi connectivity index (χ4v) is 4.09. The van der Waals surface area contributed by atoms with Gasteiger partial charge in [-0.05, 0) is 19.3 Å². The Hall–Kier alpha value is -1.80. The highest BCUT2D eigenvalue weighted by Gasteiger charge is 2.33. The number of fused-ring (bicyclic) bond motifs is 1. The Balaban J connectivity index is 1.53. The second kappa shape index (κ2) is 8.05. The van der Waals surface area contributed by atoms with Crippen molar-refractivity contribution in [1.29, 1.82) is 0 Å². The average molecular weight is 368 g/mol. The van der Waals surface area contributed by atoms with Crippen molar-refractivity contribution in [1.82, 2.24) is 10.2 Å². The third kappa shape index (κ3) is 4.07. The predicted octanol–water partition coefficient (Wildman–Crippen LogP) is 1.52. The van der Waals surface area contributed by atoms with Gasteiger partial charge in [-0.3, -0.25) is 9.59 Å². The lowest BCUT2D eigenvalue weighted by atomic mass is 10.1. The molecule has 2 atom stereocenters. The number of carbonyl (C=O) groups is 2. The molecular weight excluding hydrogens is 344 g/mol. The highest BCUT2D eigenvalue weighted by atomic mass is 32.1. The highest BCUT2D eigenvalue weighted by molar-refractivity contribution is 7.12. The van der Waals surface area contributed by atoms with Gasteiger partial charge in [-0.2, -0.15) is 0 Å². The van der Waals surface area contributed by atoms with Crippen LogP contribution in [0.2, 0.25) is 0 Å². The largest absolute Gasteiger partial charge is 0.485 e. The van der Waals surface area contributed by atoms with Crippen molar-refractivity contribution in [3.63, 3.8) is 0 Å². The zero-order valence-corrected chi connectivity index (χ0v) is 15.4. The minimum absolute atomic E-state index is 0.0135. The third-order valence-electron chi connectivity index (χ3n) is 4.63. The Kier molecular flexibility index (Phi) is 5.80. The molecule has 2 unspecified atom stereocenters. The molecule has 25 heavy (non-hydrogen) atoms. The van der Waals surface area contributed by atoms with Gasteiger partial charge in [-0.25, -0.2) is 0 Å². The van der Waals surface area contributed by atoms with E-state index in [2.05, 4.69) is 5.32 Å². The van der Waals surface area contributed by atoms with Crippen LogP contribution in [0.3, 0.4) is 0 Å². The second-order valence-corrected chi connectivity index (χ2v) is 7.27. The summed E-state index contributed by atoms with van der Waals surface area (Å²) < 4.78 is 16.1. The first kappa shape index (κ1) is 18.0. The maximum absolute atomic E-state index is 12.5. The molecule has 1 aliphatic heterocycles. The van der Waals surface area contributed by atoms with Crippen LogP contribution in [0.15, 0.2) is 5.38 Å². The molecule has 138 valence electrons. The van der Waals surface area contributed by atoms with Crippen LogP contribution in [0.4, 0.5) is 0 Å². The van der Waals surface area contributed by atoms with Crippen molar-refractivity contribution in [3.05, 3.63) is 10.3 Å². The Bertz CT molecular complexity index is 633. The predicted molar refractivity (Wildman–Crippen MR) is 93.4 cm³/mol. The van der Waals surface area contributed by atoms with E-state index >= 15 is 0 Å². The number of nitrogens with one attached hydrogen (secondary N) is 1. The molecule has 1 aliphatic carbocycles. The number of carbonyl (C=O) groups excluding carboxylic acids is 2. The number of hydrogen-bond donors (Lipinski definition) is 1. The van der Waals surface area contributed by atoms with Gasteiger partial charge < -0.3 is 24.4 Å². The monoisotopic (exact) mass is 368 g/mol. The third-order valence-corrected chi connectivity index (χ3v) is 5.57. The number of amides is 2. The Labute approximate surface area is 151 Å². The molecule has 8 heteroatoms.